The van der Waals surface area contributed by atoms with Gasteiger partial charge in [-0.25, -0.2) is 0 Å². The van der Waals surface area contributed by atoms with Gasteiger partial charge < -0.3 is 4.74 Å². The van der Waals surface area contributed by atoms with E-state index in [0.29, 0.717) is 23.4 Å². The minimum absolute atomic E-state index is 0.0399. The second-order valence-electron chi connectivity index (χ2n) is 9.28. The van der Waals surface area contributed by atoms with E-state index < -0.39 is 0 Å². The van der Waals surface area contributed by atoms with Crippen LogP contribution in [0.25, 0.3) is 0 Å². The zero-order valence-electron chi connectivity index (χ0n) is 19.7. The van der Waals surface area contributed by atoms with E-state index in [0.717, 1.165) is 44.8 Å². The molecule has 33 heavy (non-hydrogen) atoms. The molecule has 3 rings (SSSR count). The molecule has 1 N–H and O–H groups in total. The van der Waals surface area contributed by atoms with Gasteiger partial charge in [0.05, 0.1) is 0 Å². The molecule has 1 aromatic carbocycles. The van der Waals surface area contributed by atoms with E-state index in [-0.39, 0.29) is 17.1 Å². The summed E-state index contributed by atoms with van der Waals surface area (Å²) in [5.74, 6) is 0.261. The Labute approximate surface area is 196 Å². The molecule has 2 heterocycles. The number of hydrazine groups is 1. The molecule has 8 nitrogen and oxygen atoms in total. The van der Waals surface area contributed by atoms with Crippen LogP contribution in [0.15, 0.2) is 30.5 Å². The van der Waals surface area contributed by atoms with Crippen LogP contribution in [-0.2, 0) is 11.3 Å². The first-order chi connectivity index (χ1) is 15.8. The quantitative estimate of drug-likeness (QED) is 0.486. The van der Waals surface area contributed by atoms with Gasteiger partial charge in [0.25, 0.3) is 0 Å². The van der Waals surface area contributed by atoms with Gasteiger partial charge >= 0.3 is 191 Å². The van der Waals surface area contributed by atoms with Gasteiger partial charge in [0.2, 0.25) is 0 Å². The molecule has 9 heteroatoms. The van der Waals surface area contributed by atoms with Crippen LogP contribution in [0.2, 0.25) is 0 Å². The Bertz CT molecular complexity index is 1020. The number of nitrogens with one attached hydrogen (secondary N) is 1. The standard InChI is InChI=1S/C24H31BN6O2/c1-24(2,3)8-9-31(22-20(25-4)16-27-21(15-26)28-22)29-23(32)19-7-5-6-18(14-19)17-30-10-12-33-13-11-30/h5-7,14,16H,4,8-13,17H2,1-3H3,(H,29,32). The van der Waals surface area contributed by atoms with E-state index in [1.165, 1.54) is 0 Å². The van der Waals surface area contributed by atoms with Crippen molar-refractivity contribution >= 4 is 30.6 Å². The molecular weight excluding hydrogens is 415 g/mol. The van der Waals surface area contributed by atoms with Gasteiger partial charge in [-0.1, -0.05) is 0 Å². The topological polar surface area (TPSA) is 94.4 Å². The first-order valence-electron chi connectivity index (χ1n) is 11.2. The zero-order valence-corrected chi connectivity index (χ0v) is 19.7. The van der Waals surface area contributed by atoms with E-state index in [1.807, 2.05) is 24.3 Å². The van der Waals surface area contributed by atoms with Gasteiger partial charge in [-0.3, -0.25) is 0 Å². The van der Waals surface area contributed by atoms with Crippen molar-refractivity contribution in [1.29, 1.82) is 5.26 Å². The number of rotatable bonds is 8. The number of aromatic nitrogens is 2. The number of amides is 1. The van der Waals surface area contributed by atoms with E-state index in [2.05, 4.69) is 47.5 Å². The Hall–Kier alpha value is -3.09. The van der Waals surface area contributed by atoms with Crippen molar-refractivity contribution in [2.24, 2.45) is 5.41 Å². The summed E-state index contributed by atoms with van der Waals surface area (Å²) in [6.07, 6.45) is 2.35. The van der Waals surface area contributed by atoms with Crippen molar-refractivity contribution in [2.75, 3.05) is 37.9 Å². The second-order valence-corrected chi connectivity index (χ2v) is 9.28. The number of carbonyl (C=O) groups excluding carboxylic acids is 1. The predicted molar refractivity (Wildman–Crippen MR) is 131 cm³/mol. The Kier molecular flexibility index (Phi) is 8.31. The Morgan fingerprint density at radius 2 is 2.12 bits per heavy atom. The van der Waals surface area contributed by atoms with E-state index in [4.69, 9.17) is 4.74 Å². The molecule has 1 aliphatic rings. The molecule has 1 aliphatic heterocycles. The summed E-state index contributed by atoms with van der Waals surface area (Å²) in [4.78, 5) is 23.9. The summed E-state index contributed by atoms with van der Waals surface area (Å²) < 4.78 is 5.42. The third-order valence-electron chi connectivity index (χ3n) is 5.39. The normalized spacial score (nSPS) is 14.2. The molecule has 0 bridgehead atoms. The molecule has 1 amide bonds. The Balaban J connectivity index is 1.82. The number of hydrogen-bond acceptors (Lipinski definition) is 7. The first kappa shape index (κ1) is 24.6. The Morgan fingerprint density at radius 3 is 2.79 bits per heavy atom. The summed E-state index contributed by atoms with van der Waals surface area (Å²) in [6, 6.07) is 9.62. The molecule has 0 atom stereocenters. The van der Waals surface area contributed by atoms with E-state index in [1.54, 1.807) is 24.2 Å². The van der Waals surface area contributed by atoms with Crippen molar-refractivity contribution in [3.63, 3.8) is 0 Å². The molecule has 0 saturated carbocycles. The summed E-state index contributed by atoms with van der Waals surface area (Å²) >= 11 is 0. The number of ether oxygens (including phenoxy) is 1. The molecule has 2 aromatic rings. The van der Waals surface area contributed by atoms with Gasteiger partial charge in [0.1, 0.15) is 0 Å². The third kappa shape index (κ3) is 7.21. The monoisotopic (exact) mass is 446 g/mol. The van der Waals surface area contributed by atoms with Crippen LogP contribution in [0.4, 0.5) is 5.82 Å². The maximum absolute atomic E-state index is 13.2. The van der Waals surface area contributed by atoms with E-state index in [9.17, 15) is 10.1 Å². The van der Waals surface area contributed by atoms with Gasteiger partial charge in [0, 0.05) is 0 Å². The van der Waals surface area contributed by atoms with Crippen molar-refractivity contribution in [1.82, 2.24) is 20.3 Å². The van der Waals surface area contributed by atoms with Crippen molar-refractivity contribution in [3.05, 3.63) is 47.4 Å². The molecule has 0 aliphatic carbocycles. The summed E-state index contributed by atoms with van der Waals surface area (Å²) in [7, 11) is 0. The summed E-state index contributed by atoms with van der Waals surface area (Å²) in [6.45, 7) is 16.4. The number of carbonyl (C=O) groups is 1. The minimum atomic E-state index is -0.236. The third-order valence-corrected chi connectivity index (χ3v) is 5.39. The number of nitriles is 1. The van der Waals surface area contributed by atoms with Crippen molar-refractivity contribution < 1.29 is 9.53 Å². The molecule has 1 aromatic heterocycles. The number of hydrogen-bond donors (Lipinski definition) is 1. The number of anilines is 1. The summed E-state index contributed by atoms with van der Waals surface area (Å²) in [5.41, 5.74) is 5.32. The Morgan fingerprint density at radius 1 is 1.36 bits per heavy atom. The molecule has 1 saturated heterocycles. The van der Waals surface area contributed by atoms with Gasteiger partial charge in [-0.2, -0.15) is 0 Å². The van der Waals surface area contributed by atoms with Crippen LogP contribution in [0, 0.1) is 16.7 Å². The zero-order chi connectivity index (χ0) is 23.8. The molecule has 172 valence electrons. The average molecular weight is 446 g/mol. The van der Waals surface area contributed by atoms with Crippen molar-refractivity contribution in [2.45, 2.75) is 33.7 Å². The van der Waals surface area contributed by atoms with E-state index >= 15 is 0 Å². The van der Waals surface area contributed by atoms with Crippen LogP contribution in [0.5, 0.6) is 0 Å². The van der Waals surface area contributed by atoms with Crippen LogP contribution in [0.3, 0.4) is 0 Å². The number of benzene rings is 1. The maximum atomic E-state index is 13.2. The molecule has 0 unspecified atom stereocenters. The summed E-state index contributed by atoms with van der Waals surface area (Å²) in [5, 5.41) is 11.0. The fourth-order valence-corrected chi connectivity index (χ4v) is 3.47. The number of nitrogens with zero attached hydrogens (tertiary/aromatic N) is 5. The second kappa shape index (κ2) is 11.2. The van der Waals surface area contributed by atoms with Crippen molar-refractivity contribution in [3.8, 4) is 6.07 Å². The molecular formula is C24H31BN6O2. The fraction of sp³-hybridized carbons (Fsp3) is 0.458. The van der Waals surface area contributed by atoms with Crippen LogP contribution in [-0.4, -0.2) is 67.0 Å². The first-order valence-corrected chi connectivity index (χ1v) is 11.2. The van der Waals surface area contributed by atoms with Gasteiger partial charge in [0.15, 0.2) is 0 Å². The van der Waals surface area contributed by atoms with Crippen LogP contribution >= 0.6 is 0 Å². The molecule has 0 radical (unpaired) electrons. The molecule has 0 spiro atoms. The average Bonchev–Trinajstić information content (AvgIpc) is 2.81. The molecule has 1 fully saturated rings. The van der Waals surface area contributed by atoms with Crippen LogP contribution in [0.1, 0.15) is 48.9 Å². The number of morpholine rings is 1. The predicted octanol–water partition coefficient (Wildman–Crippen LogP) is 1.53. The van der Waals surface area contributed by atoms with Gasteiger partial charge in [-0.05, 0) is 0 Å². The van der Waals surface area contributed by atoms with Gasteiger partial charge in [-0.15, -0.1) is 0 Å². The SMILES string of the molecule is C=Bc1cnc(C#N)nc1N(CCC(C)(C)C)NC(=O)c1cccc(CN2CCOCC2)c1. The van der Waals surface area contributed by atoms with Crippen LogP contribution < -0.4 is 15.9 Å². The fourth-order valence-electron chi connectivity index (χ4n) is 3.47.